The molecule has 0 saturated carbocycles. The molecular formula is C27H24Cl2N4. The SMILES string of the molecule is CC(C)/N=C1\C=C2C(C=C1Nc1ccc(Cl)cc1)Nc1ccccc1N2c1ccc(Cl)cc1. The monoisotopic (exact) mass is 474 g/mol. The quantitative estimate of drug-likeness (QED) is 0.407. The Kier molecular flexibility index (Phi) is 5.88. The standard InChI is InChI=1S/C27H24Cl2N4/c1-17(2)30-24-16-27-25(15-23(24)31-20-11-7-18(28)8-12-20)32-22-5-3-4-6-26(22)33(27)21-13-9-19(29)10-14-21/h3-17,25,31-32H,1-2H3/b30-24+. The first-order valence-corrected chi connectivity index (χ1v) is 11.7. The lowest BCUT2D eigenvalue weighted by Gasteiger charge is -2.40. The molecule has 1 atom stereocenters. The molecule has 0 fully saturated rings. The minimum Gasteiger partial charge on any atom is -0.372 e. The second-order valence-corrected chi connectivity index (χ2v) is 9.21. The van der Waals surface area contributed by atoms with Gasteiger partial charge in [-0.2, -0.15) is 0 Å². The number of para-hydroxylation sites is 2. The van der Waals surface area contributed by atoms with Crippen LogP contribution in [0.25, 0.3) is 0 Å². The highest BCUT2D eigenvalue weighted by atomic mass is 35.5. The smallest absolute Gasteiger partial charge is 0.0878 e. The van der Waals surface area contributed by atoms with Crippen LogP contribution in [0.2, 0.25) is 10.0 Å². The van der Waals surface area contributed by atoms with Gasteiger partial charge >= 0.3 is 0 Å². The number of benzene rings is 3. The summed E-state index contributed by atoms with van der Waals surface area (Å²) in [5.41, 5.74) is 7.15. The first-order chi connectivity index (χ1) is 16.0. The molecule has 33 heavy (non-hydrogen) atoms. The van der Waals surface area contributed by atoms with E-state index in [2.05, 4.69) is 59.7 Å². The molecule has 4 nitrogen and oxygen atoms in total. The second kappa shape index (κ2) is 8.97. The van der Waals surface area contributed by atoms with Gasteiger partial charge in [-0.15, -0.1) is 0 Å². The van der Waals surface area contributed by atoms with Gasteiger partial charge in [-0.05, 0) is 86.7 Å². The second-order valence-electron chi connectivity index (χ2n) is 8.34. The Labute approximate surface area is 204 Å². The molecule has 0 saturated heterocycles. The minimum absolute atomic E-state index is 0.0310. The average Bonchev–Trinajstić information content (AvgIpc) is 2.80. The van der Waals surface area contributed by atoms with E-state index < -0.39 is 0 Å². The number of nitrogens with zero attached hydrogens (tertiary/aromatic N) is 2. The molecule has 0 amide bonds. The molecule has 5 rings (SSSR count). The Morgan fingerprint density at radius 3 is 2.27 bits per heavy atom. The fourth-order valence-electron chi connectivity index (χ4n) is 4.12. The molecule has 1 heterocycles. The van der Waals surface area contributed by atoms with E-state index in [-0.39, 0.29) is 12.1 Å². The van der Waals surface area contributed by atoms with Crippen molar-refractivity contribution in [3.8, 4) is 0 Å². The van der Waals surface area contributed by atoms with Crippen LogP contribution in [0, 0.1) is 0 Å². The van der Waals surface area contributed by atoms with Gasteiger partial charge in [0.1, 0.15) is 0 Å². The molecule has 1 aliphatic heterocycles. The highest BCUT2D eigenvalue weighted by molar-refractivity contribution is 6.31. The van der Waals surface area contributed by atoms with E-state index in [1.54, 1.807) is 0 Å². The third kappa shape index (κ3) is 4.50. The van der Waals surface area contributed by atoms with Crippen molar-refractivity contribution in [2.24, 2.45) is 4.99 Å². The molecule has 0 bridgehead atoms. The van der Waals surface area contributed by atoms with Gasteiger partial charge in [0, 0.05) is 27.5 Å². The number of hydrogen-bond donors (Lipinski definition) is 2. The summed E-state index contributed by atoms with van der Waals surface area (Å²) < 4.78 is 0. The first kappa shape index (κ1) is 21.6. The zero-order valence-electron chi connectivity index (χ0n) is 18.4. The molecular weight excluding hydrogens is 451 g/mol. The summed E-state index contributed by atoms with van der Waals surface area (Å²) in [6, 6.07) is 24.1. The van der Waals surface area contributed by atoms with Crippen LogP contribution in [0.5, 0.6) is 0 Å². The van der Waals surface area contributed by atoms with Gasteiger partial charge in [-0.1, -0.05) is 35.3 Å². The van der Waals surface area contributed by atoms with E-state index in [0.29, 0.717) is 10.0 Å². The highest BCUT2D eigenvalue weighted by Crippen LogP contribution is 2.43. The number of anilines is 4. The van der Waals surface area contributed by atoms with Crippen LogP contribution in [0.15, 0.2) is 101 Å². The molecule has 1 unspecified atom stereocenters. The van der Waals surface area contributed by atoms with Crippen molar-refractivity contribution in [1.29, 1.82) is 0 Å². The zero-order valence-corrected chi connectivity index (χ0v) is 19.9. The number of halogens is 2. The van der Waals surface area contributed by atoms with Crippen LogP contribution in [-0.4, -0.2) is 17.8 Å². The molecule has 3 aromatic carbocycles. The zero-order chi connectivity index (χ0) is 22.9. The van der Waals surface area contributed by atoms with Gasteiger partial charge in [0.15, 0.2) is 0 Å². The lowest BCUT2D eigenvalue weighted by atomic mass is 9.96. The Hall–Kier alpha value is -3.21. The van der Waals surface area contributed by atoms with E-state index in [0.717, 1.165) is 39.9 Å². The van der Waals surface area contributed by atoms with Crippen molar-refractivity contribution in [2.75, 3.05) is 15.5 Å². The maximum Gasteiger partial charge on any atom is 0.0878 e. The number of fused-ring (bicyclic) bond motifs is 2. The molecule has 0 aromatic heterocycles. The summed E-state index contributed by atoms with van der Waals surface area (Å²) in [4.78, 5) is 7.20. The van der Waals surface area contributed by atoms with Gasteiger partial charge in [0.25, 0.3) is 0 Å². The van der Waals surface area contributed by atoms with Crippen molar-refractivity contribution in [3.63, 3.8) is 0 Å². The van der Waals surface area contributed by atoms with Gasteiger partial charge in [0.2, 0.25) is 0 Å². The van der Waals surface area contributed by atoms with Gasteiger partial charge < -0.3 is 15.5 Å². The lowest BCUT2D eigenvalue weighted by Crippen LogP contribution is -2.39. The Morgan fingerprint density at radius 1 is 0.909 bits per heavy atom. The van der Waals surface area contributed by atoms with Crippen molar-refractivity contribution < 1.29 is 0 Å². The van der Waals surface area contributed by atoms with E-state index in [4.69, 9.17) is 28.2 Å². The Balaban J connectivity index is 1.61. The van der Waals surface area contributed by atoms with Crippen molar-refractivity contribution in [1.82, 2.24) is 0 Å². The lowest BCUT2D eigenvalue weighted by molar-refractivity contribution is 0.833. The fourth-order valence-corrected chi connectivity index (χ4v) is 4.37. The largest absolute Gasteiger partial charge is 0.372 e. The van der Waals surface area contributed by atoms with Gasteiger partial charge in [-0.25, -0.2) is 0 Å². The predicted octanol–water partition coefficient (Wildman–Crippen LogP) is 7.67. The number of aliphatic imine (C=N–C) groups is 1. The molecule has 2 N–H and O–H groups in total. The Morgan fingerprint density at radius 2 is 1.58 bits per heavy atom. The summed E-state index contributed by atoms with van der Waals surface area (Å²) in [7, 11) is 0. The summed E-state index contributed by atoms with van der Waals surface area (Å²) in [6.45, 7) is 4.17. The third-order valence-corrected chi connectivity index (χ3v) is 6.04. The van der Waals surface area contributed by atoms with Gasteiger partial charge in [0.05, 0.1) is 34.5 Å². The van der Waals surface area contributed by atoms with E-state index in [1.807, 2.05) is 54.6 Å². The molecule has 6 heteroatoms. The van der Waals surface area contributed by atoms with Crippen LogP contribution in [0.1, 0.15) is 13.8 Å². The molecule has 0 radical (unpaired) electrons. The maximum atomic E-state index is 6.18. The summed E-state index contributed by atoms with van der Waals surface area (Å²) >= 11 is 12.3. The molecule has 3 aromatic rings. The van der Waals surface area contributed by atoms with E-state index in [1.165, 1.54) is 0 Å². The van der Waals surface area contributed by atoms with Crippen LogP contribution in [-0.2, 0) is 0 Å². The predicted molar refractivity (Wildman–Crippen MR) is 141 cm³/mol. The first-order valence-electron chi connectivity index (χ1n) is 10.9. The van der Waals surface area contributed by atoms with Crippen LogP contribution < -0.4 is 15.5 Å². The van der Waals surface area contributed by atoms with E-state index >= 15 is 0 Å². The minimum atomic E-state index is -0.0310. The summed E-state index contributed by atoms with van der Waals surface area (Å²) in [5.74, 6) is 0. The van der Waals surface area contributed by atoms with E-state index in [9.17, 15) is 0 Å². The van der Waals surface area contributed by atoms with Crippen molar-refractivity contribution in [2.45, 2.75) is 25.9 Å². The van der Waals surface area contributed by atoms with Gasteiger partial charge in [-0.3, -0.25) is 4.99 Å². The molecule has 0 spiro atoms. The topological polar surface area (TPSA) is 39.7 Å². The fraction of sp³-hybridized carbons (Fsp3) is 0.148. The normalized spacial score (nSPS) is 18.3. The summed E-state index contributed by atoms with van der Waals surface area (Å²) in [5, 5.41) is 8.64. The van der Waals surface area contributed by atoms with Crippen LogP contribution in [0.4, 0.5) is 22.7 Å². The maximum absolute atomic E-state index is 6.18. The molecule has 2 aliphatic rings. The number of nitrogens with one attached hydrogen (secondary N) is 2. The number of rotatable bonds is 4. The van der Waals surface area contributed by atoms with Crippen molar-refractivity contribution in [3.05, 3.63) is 106 Å². The van der Waals surface area contributed by atoms with Crippen LogP contribution >= 0.6 is 23.2 Å². The summed E-state index contributed by atoms with van der Waals surface area (Å²) in [6.07, 6.45) is 4.37. The average molecular weight is 475 g/mol. The third-order valence-electron chi connectivity index (χ3n) is 5.53. The molecule has 166 valence electrons. The Bertz CT molecular complexity index is 1260. The van der Waals surface area contributed by atoms with Crippen LogP contribution in [0.3, 0.4) is 0 Å². The molecule has 1 aliphatic carbocycles. The number of allylic oxidation sites excluding steroid dienone is 1. The number of hydrogen-bond acceptors (Lipinski definition) is 4. The highest BCUT2D eigenvalue weighted by Gasteiger charge is 2.32. The van der Waals surface area contributed by atoms with Crippen molar-refractivity contribution >= 4 is 51.7 Å².